The lowest BCUT2D eigenvalue weighted by Gasteiger charge is -2.37. The first-order valence-electron chi connectivity index (χ1n) is 26.5. The number of aliphatic imine (C=N–C) groups is 1. The van der Waals surface area contributed by atoms with Crippen molar-refractivity contribution in [3.05, 3.63) is 65.7 Å². The summed E-state index contributed by atoms with van der Waals surface area (Å²) in [6.07, 6.45) is 3.67. The molecular weight excluding hydrogens is 1060 g/mol. The van der Waals surface area contributed by atoms with Crippen molar-refractivity contribution in [2.75, 3.05) is 39.0 Å². The standard InChI is InChI=1S/C52H76N14O11S2/c1-77-33-16-14-32(15-17-33)27-37-47(73)64-38(26-31-10-4-2-5-11-31)48(74)61-35(18-19-41(54)67)45(71)62-36(20-23-53)46(72)65-39(30-78-79-52(28-43(69)60-37)21-6-3-7-22-52)50(76)66-25-9-13-40(66)49(75)63-34(12-8-24-58-51(56)57)44(70)59-29-42(55)68/h2,4-5,10-11,14-17,34-40H,3,6-9,12-13,18-30,53H2,1H3,(H2,54,67)(H2,55,68)(H,59,70)(H,60,69)(H,61,74)(H,62,71)(H,63,75)(H,64,73)(H,65,72)(H4,56,57,58)/t34-,35-,36-,37?,38?,39?,40-/m0/s1. The minimum Gasteiger partial charge on any atom is -0.497 e. The molecule has 432 valence electrons. The second-order valence-corrected chi connectivity index (χ2v) is 22.7. The molecule has 3 aliphatic rings. The summed E-state index contributed by atoms with van der Waals surface area (Å²) in [5, 5.41) is 19.0. The van der Waals surface area contributed by atoms with Crippen LogP contribution >= 0.6 is 21.6 Å². The molecule has 1 spiro atoms. The fourth-order valence-electron chi connectivity index (χ4n) is 9.61. The molecule has 2 saturated heterocycles. The molecule has 17 N–H and O–H groups in total. The van der Waals surface area contributed by atoms with Crippen molar-refractivity contribution in [2.45, 2.75) is 143 Å². The fraction of sp³-hybridized carbons (Fsp3) is 0.558. The molecule has 1 aliphatic carbocycles. The van der Waals surface area contributed by atoms with E-state index in [1.807, 2.05) is 0 Å². The van der Waals surface area contributed by atoms with Gasteiger partial charge in [-0.05, 0) is 81.2 Å². The third-order valence-corrected chi connectivity index (χ3v) is 17.1. The number of benzene rings is 2. The van der Waals surface area contributed by atoms with Crippen molar-refractivity contribution >= 4 is 86.6 Å². The highest BCUT2D eigenvalue weighted by atomic mass is 33.1. The van der Waals surface area contributed by atoms with Crippen molar-refractivity contribution in [3.8, 4) is 5.75 Å². The average Bonchev–Trinajstić information content (AvgIpc) is 3.96. The molecule has 1 saturated carbocycles. The van der Waals surface area contributed by atoms with Gasteiger partial charge in [0.25, 0.3) is 0 Å². The second-order valence-electron chi connectivity index (χ2n) is 19.9. The van der Waals surface area contributed by atoms with Crippen LogP contribution in [0.1, 0.15) is 94.6 Å². The quantitative estimate of drug-likeness (QED) is 0.0299. The molecule has 5 rings (SSSR count). The van der Waals surface area contributed by atoms with Gasteiger partial charge in [0.15, 0.2) is 5.96 Å². The molecule has 2 aromatic carbocycles. The molecular formula is C52H76N14O11S2. The van der Waals surface area contributed by atoms with Crippen LogP contribution in [-0.4, -0.2) is 156 Å². The molecule has 0 aromatic heterocycles. The number of carbonyl (C=O) groups is 10. The van der Waals surface area contributed by atoms with Crippen LogP contribution < -0.4 is 70.6 Å². The summed E-state index contributed by atoms with van der Waals surface area (Å²) < 4.78 is 4.65. The monoisotopic (exact) mass is 1140 g/mol. The van der Waals surface area contributed by atoms with E-state index in [-0.39, 0.29) is 89.1 Å². The summed E-state index contributed by atoms with van der Waals surface area (Å²) in [7, 11) is 4.15. The Balaban J connectivity index is 1.52. The first-order valence-corrected chi connectivity index (χ1v) is 28.8. The van der Waals surface area contributed by atoms with Crippen molar-refractivity contribution in [1.29, 1.82) is 0 Å². The van der Waals surface area contributed by atoms with Gasteiger partial charge in [0.2, 0.25) is 59.1 Å². The Labute approximate surface area is 467 Å². The molecule has 2 aromatic rings. The van der Waals surface area contributed by atoms with E-state index in [2.05, 4.69) is 42.2 Å². The van der Waals surface area contributed by atoms with Crippen molar-refractivity contribution in [1.82, 2.24) is 42.1 Å². The Kier molecular flexibility index (Phi) is 25.0. The van der Waals surface area contributed by atoms with Gasteiger partial charge >= 0.3 is 0 Å². The number of hydrogen-bond donors (Lipinski definition) is 12. The lowest BCUT2D eigenvalue weighted by Crippen LogP contribution is -2.61. The maximum atomic E-state index is 15.0. The zero-order chi connectivity index (χ0) is 57.5. The van der Waals surface area contributed by atoms with Crippen LogP contribution in [0.4, 0.5) is 0 Å². The van der Waals surface area contributed by atoms with Gasteiger partial charge in [-0.3, -0.25) is 52.9 Å². The Morgan fingerprint density at radius 3 is 1.99 bits per heavy atom. The highest BCUT2D eigenvalue weighted by Crippen LogP contribution is 2.48. The van der Waals surface area contributed by atoms with E-state index in [4.69, 9.17) is 33.4 Å². The van der Waals surface area contributed by atoms with Crippen molar-refractivity contribution in [3.63, 3.8) is 0 Å². The number of rotatable bonds is 20. The molecule has 3 unspecified atom stereocenters. The van der Waals surface area contributed by atoms with Gasteiger partial charge in [-0.15, -0.1) is 0 Å². The number of nitrogens with one attached hydrogen (secondary N) is 7. The summed E-state index contributed by atoms with van der Waals surface area (Å²) in [4.78, 5) is 144. The van der Waals surface area contributed by atoms with E-state index in [0.717, 1.165) is 19.3 Å². The first kappa shape index (κ1) is 62.7. The largest absolute Gasteiger partial charge is 0.497 e. The zero-order valence-corrected chi connectivity index (χ0v) is 46.1. The van der Waals surface area contributed by atoms with Gasteiger partial charge in [-0.25, -0.2) is 0 Å². The van der Waals surface area contributed by atoms with E-state index < -0.39 is 113 Å². The fourth-order valence-corrected chi connectivity index (χ4v) is 13.0. The number of likely N-dealkylation sites (tertiary alicyclic amines) is 1. The molecule has 2 heterocycles. The summed E-state index contributed by atoms with van der Waals surface area (Å²) in [5.41, 5.74) is 29.0. The topological polar surface area (TPSA) is 410 Å². The minimum absolute atomic E-state index is 0.0177. The van der Waals surface area contributed by atoms with Crippen LogP contribution in [0.5, 0.6) is 5.75 Å². The van der Waals surface area contributed by atoms with E-state index in [1.54, 1.807) is 54.6 Å². The molecule has 79 heavy (non-hydrogen) atoms. The highest BCUT2D eigenvalue weighted by molar-refractivity contribution is 8.77. The van der Waals surface area contributed by atoms with Crippen LogP contribution in [0.3, 0.4) is 0 Å². The van der Waals surface area contributed by atoms with Crippen LogP contribution in [0.15, 0.2) is 59.6 Å². The van der Waals surface area contributed by atoms with Crippen molar-refractivity contribution in [2.24, 2.45) is 33.7 Å². The number of primary amides is 2. The third-order valence-electron chi connectivity index (χ3n) is 13.8. The predicted molar refractivity (Wildman–Crippen MR) is 298 cm³/mol. The number of nitrogens with zero attached hydrogens (tertiary/aromatic N) is 2. The summed E-state index contributed by atoms with van der Waals surface area (Å²) in [6, 6.07) is 6.71. The Morgan fingerprint density at radius 1 is 0.759 bits per heavy atom. The molecule has 3 fully saturated rings. The maximum absolute atomic E-state index is 15.0. The van der Waals surface area contributed by atoms with E-state index in [1.165, 1.54) is 33.6 Å². The Hall–Kier alpha value is -7.13. The molecule has 0 radical (unpaired) electrons. The molecule has 7 atom stereocenters. The Bertz CT molecular complexity index is 2480. The average molecular weight is 1140 g/mol. The lowest BCUT2D eigenvalue weighted by molar-refractivity contribution is -0.142. The van der Waals surface area contributed by atoms with Crippen LogP contribution in [0, 0.1) is 0 Å². The molecule has 25 nitrogen and oxygen atoms in total. The summed E-state index contributed by atoms with van der Waals surface area (Å²) in [6.45, 7) is -0.403. The van der Waals surface area contributed by atoms with Gasteiger partial charge in [0.1, 0.15) is 48.0 Å². The van der Waals surface area contributed by atoms with Crippen LogP contribution in [-0.2, 0) is 60.8 Å². The normalized spacial score (nSPS) is 22.8. The summed E-state index contributed by atoms with van der Waals surface area (Å²) in [5.74, 6) is -7.01. The van der Waals surface area contributed by atoms with Gasteiger partial charge in [0.05, 0.1) is 13.7 Å². The van der Waals surface area contributed by atoms with Gasteiger partial charge in [-0.2, -0.15) is 0 Å². The predicted octanol–water partition coefficient (Wildman–Crippen LogP) is -1.86. The second kappa shape index (κ2) is 31.5. The van der Waals surface area contributed by atoms with Crippen molar-refractivity contribution < 1.29 is 52.7 Å². The van der Waals surface area contributed by atoms with Crippen LogP contribution in [0.25, 0.3) is 0 Å². The zero-order valence-electron chi connectivity index (χ0n) is 44.5. The Morgan fingerprint density at radius 2 is 1.37 bits per heavy atom. The lowest BCUT2D eigenvalue weighted by atomic mass is 9.85. The van der Waals surface area contributed by atoms with E-state index >= 15 is 0 Å². The first-order chi connectivity index (χ1) is 37.8. The van der Waals surface area contributed by atoms with Gasteiger partial charge in [0, 0.05) is 49.3 Å². The van der Waals surface area contributed by atoms with Gasteiger partial charge in [-0.1, -0.05) is 83.3 Å². The van der Waals surface area contributed by atoms with E-state index in [9.17, 15) is 47.9 Å². The molecule has 0 bridgehead atoms. The number of guanidine groups is 1. The van der Waals surface area contributed by atoms with Crippen LogP contribution in [0.2, 0.25) is 0 Å². The van der Waals surface area contributed by atoms with E-state index in [0.29, 0.717) is 36.1 Å². The highest BCUT2D eigenvalue weighted by Gasteiger charge is 2.42. The minimum atomic E-state index is -1.49. The molecule has 27 heteroatoms. The third kappa shape index (κ3) is 20.2. The molecule has 2 aliphatic heterocycles. The number of methoxy groups -OCH3 is 1. The summed E-state index contributed by atoms with van der Waals surface area (Å²) >= 11 is 0. The van der Waals surface area contributed by atoms with Gasteiger partial charge < -0.3 is 75.5 Å². The number of carbonyl (C=O) groups excluding carboxylic acids is 10. The number of nitrogens with two attached hydrogens (primary N) is 5. The number of amides is 10. The number of ether oxygens (including phenoxy) is 1. The SMILES string of the molecule is COc1ccc(CC2NC(=O)CC3(CCCCC3)SSCC(C(=O)N3CCC[C@H]3C(=O)N[C@@H](CCCN=C(N)N)C(=O)NCC(N)=O)NC(=O)[C@H](CCN)NC(=O)[C@H](CCC(N)=O)NC(=O)C(Cc3ccccc3)NC2=O)cc1. The maximum Gasteiger partial charge on any atom is 0.246 e. The smallest absolute Gasteiger partial charge is 0.246 e. The molecule has 10 amide bonds. The number of hydrogen-bond acceptors (Lipinski definition) is 15.